The van der Waals surface area contributed by atoms with Crippen molar-refractivity contribution in [1.29, 1.82) is 0 Å². The third kappa shape index (κ3) is 2.11. The van der Waals surface area contributed by atoms with Crippen LogP contribution < -0.4 is 0 Å². The highest BCUT2D eigenvalue weighted by Gasteiger charge is 2.24. The molecule has 0 saturated carbocycles. The van der Waals surface area contributed by atoms with E-state index in [2.05, 4.69) is 15.0 Å². The molecule has 0 aliphatic carbocycles. The molecule has 0 amide bonds. The Morgan fingerprint density at radius 3 is 2.62 bits per heavy atom. The number of aromatic nitrogens is 4. The molecule has 0 N–H and O–H groups in total. The summed E-state index contributed by atoms with van der Waals surface area (Å²) in [6.07, 6.45) is 2.69. The van der Waals surface area contributed by atoms with Crippen molar-refractivity contribution in [1.82, 2.24) is 19.5 Å². The number of hydrogen-bond acceptors (Lipinski definition) is 5. The molecule has 0 saturated heterocycles. The van der Waals surface area contributed by atoms with Crippen molar-refractivity contribution in [2.45, 2.75) is 13.8 Å². The Morgan fingerprint density at radius 1 is 1.19 bits per heavy atom. The fourth-order valence-corrected chi connectivity index (χ4v) is 2.31. The van der Waals surface area contributed by atoms with Crippen LogP contribution in [0.5, 0.6) is 0 Å². The van der Waals surface area contributed by atoms with E-state index < -0.39 is 4.92 Å². The second-order valence-electron chi connectivity index (χ2n) is 4.63. The number of benzene rings is 1. The van der Waals surface area contributed by atoms with Crippen molar-refractivity contribution in [2.75, 3.05) is 0 Å². The fraction of sp³-hybridized carbons (Fsp3) is 0.154. The van der Waals surface area contributed by atoms with Gasteiger partial charge < -0.3 is 0 Å². The topological polar surface area (TPSA) is 86.7 Å². The van der Waals surface area contributed by atoms with Crippen LogP contribution in [-0.4, -0.2) is 24.4 Å². The van der Waals surface area contributed by atoms with Crippen molar-refractivity contribution in [3.05, 3.63) is 51.2 Å². The number of halogens is 1. The lowest BCUT2D eigenvalue weighted by atomic mass is 10.1. The monoisotopic (exact) mass is 303 g/mol. The maximum absolute atomic E-state index is 11.2. The first kappa shape index (κ1) is 13.4. The standard InChI is InChI=1S/C13H10ClN5O2/c1-7-3-9-10(4-8(7)2)18(6-17-9)13-11(19(20)21)12(14)15-5-16-13/h3-6H,1-2H3. The van der Waals surface area contributed by atoms with Crippen molar-refractivity contribution in [2.24, 2.45) is 0 Å². The van der Waals surface area contributed by atoms with Crippen LogP contribution in [-0.2, 0) is 0 Å². The zero-order valence-corrected chi connectivity index (χ0v) is 12.0. The highest BCUT2D eigenvalue weighted by Crippen LogP contribution is 2.30. The van der Waals surface area contributed by atoms with Gasteiger partial charge >= 0.3 is 5.69 Å². The van der Waals surface area contributed by atoms with Crippen molar-refractivity contribution in [3.63, 3.8) is 0 Å². The maximum atomic E-state index is 11.2. The predicted molar refractivity (Wildman–Crippen MR) is 77.8 cm³/mol. The maximum Gasteiger partial charge on any atom is 0.349 e. The summed E-state index contributed by atoms with van der Waals surface area (Å²) < 4.78 is 1.55. The van der Waals surface area contributed by atoms with Gasteiger partial charge in [-0.2, -0.15) is 0 Å². The van der Waals surface area contributed by atoms with Crippen LogP contribution in [0.25, 0.3) is 16.9 Å². The molecule has 0 aliphatic heterocycles. The van der Waals surface area contributed by atoms with E-state index in [4.69, 9.17) is 11.6 Å². The Kier molecular flexibility index (Phi) is 3.06. The van der Waals surface area contributed by atoms with E-state index in [0.29, 0.717) is 0 Å². The molecule has 3 rings (SSSR count). The van der Waals surface area contributed by atoms with E-state index in [1.807, 2.05) is 26.0 Å². The largest absolute Gasteiger partial charge is 0.349 e. The molecule has 21 heavy (non-hydrogen) atoms. The Hall–Kier alpha value is -2.54. The van der Waals surface area contributed by atoms with Crippen LogP contribution in [0.1, 0.15) is 11.1 Å². The summed E-state index contributed by atoms with van der Waals surface area (Å²) in [6.45, 7) is 3.95. The SMILES string of the molecule is Cc1cc2ncn(-c3ncnc(Cl)c3[N+](=O)[O-])c2cc1C. The van der Waals surface area contributed by atoms with Crippen molar-refractivity contribution >= 4 is 28.3 Å². The van der Waals surface area contributed by atoms with Gasteiger partial charge in [-0.1, -0.05) is 11.6 Å². The third-order valence-corrected chi connectivity index (χ3v) is 3.61. The van der Waals surface area contributed by atoms with Gasteiger partial charge in [0.15, 0.2) is 0 Å². The van der Waals surface area contributed by atoms with Crippen molar-refractivity contribution in [3.8, 4) is 5.82 Å². The van der Waals surface area contributed by atoms with Crippen LogP contribution in [0.2, 0.25) is 5.15 Å². The lowest BCUT2D eigenvalue weighted by Gasteiger charge is -2.06. The lowest BCUT2D eigenvalue weighted by molar-refractivity contribution is -0.385. The van der Waals surface area contributed by atoms with Gasteiger partial charge in [-0.05, 0) is 37.1 Å². The molecule has 0 unspecified atom stereocenters. The molecule has 0 aliphatic rings. The van der Waals surface area contributed by atoms with E-state index in [1.54, 1.807) is 4.57 Å². The summed E-state index contributed by atoms with van der Waals surface area (Å²) in [6, 6.07) is 3.84. The van der Waals surface area contributed by atoms with E-state index in [0.717, 1.165) is 22.2 Å². The molecule has 0 fully saturated rings. The Morgan fingerprint density at radius 2 is 1.90 bits per heavy atom. The summed E-state index contributed by atoms with van der Waals surface area (Å²) in [5.74, 6) is 0.103. The molecule has 0 atom stereocenters. The first-order chi connectivity index (χ1) is 9.99. The Balaban J connectivity index is 2.34. The number of nitro groups is 1. The van der Waals surface area contributed by atoms with E-state index in [9.17, 15) is 10.1 Å². The second-order valence-corrected chi connectivity index (χ2v) is 4.99. The summed E-state index contributed by atoms with van der Waals surface area (Å²) in [5, 5.41) is 11.0. The Bertz CT molecular complexity index is 874. The smallest absolute Gasteiger partial charge is 0.277 e. The molecule has 7 nitrogen and oxygen atoms in total. The zero-order chi connectivity index (χ0) is 15.1. The Labute approximate surface area is 124 Å². The minimum atomic E-state index is -0.593. The molecule has 8 heteroatoms. The van der Waals surface area contributed by atoms with Crippen LogP contribution in [0.15, 0.2) is 24.8 Å². The van der Waals surface area contributed by atoms with Gasteiger partial charge in [0, 0.05) is 0 Å². The zero-order valence-electron chi connectivity index (χ0n) is 11.2. The summed E-state index contributed by atoms with van der Waals surface area (Å²) >= 11 is 5.82. The van der Waals surface area contributed by atoms with E-state index in [-0.39, 0.29) is 16.7 Å². The third-order valence-electron chi connectivity index (χ3n) is 3.33. The highest BCUT2D eigenvalue weighted by atomic mass is 35.5. The number of hydrogen-bond donors (Lipinski definition) is 0. The van der Waals surface area contributed by atoms with Gasteiger partial charge in [0.05, 0.1) is 16.0 Å². The molecule has 106 valence electrons. The van der Waals surface area contributed by atoms with Crippen LogP contribution in [0, 0.1) is 24.0 Å². The first-order valence-electron chi connectivity index (χ1n) is 6.08. The quantitative estimate of drug-likeness (QED) is 0.412. The normalized spacial score (nSPS) is 11.0. The van der Waals surface area contributed by atoms with E-state index >= 15 is 0 Å². The molecule has 0 bridgehead atoms. The number of rotatable bonds is 2. The van der Waals surface area contributed by atoms with Gasteiger partial charge in [-0.15, -0.1) is 0 Å². The van der Waals surface area contributed by atoms with Gasteiger partial charge in [0.1, 0.15) is 12.7 Å². The molecule has 2 heterocycles. The van der Waals surface area contributed by atoms with Crippen LogP contribution >= 0.6 is 11.6 Å². The van der Waals surface area contributed by atoms with Crippen molar-refractivity contribution < 1.29 is 4.92 Å². The van der Waals surface area contributed by atoms with Crippen LogP contribution in [0.3, 0.4) is 0 Å². The number of imidazole rings is 1. The number of fused-ring (bicyclic) bond motifs is 1. The molecule has 3 aromatic rings. The molecular formula is C13H10ClN5O2. The number of aryl methyl sites for hydroxylation is 2. The number of nitrogens with zero attached hydrogens (tertiary/aromatic N) is 5. The predicted octanol–water partition coefficient (Wildman–Crippen LogP) is 2.99. The summed E-state index contributed by atoms with van der Waals surface area (Å²) in [5.41, 5.74) is 3.30. The van der Waals surface area contributed by atoms with Gasteiger partial charge in [0.25, 0.3) is 0 Å². The molecular weight excluding hydrogens is 294 g/mol. The molecule has 1 aromatic carbocycles. The second kappa shape index (κ2) is 4.78. The molecule has 2 aromatic heterocycles. The van der Waals surface area contributed by atoms with E-state index in [1.165, 1.54) is 12.7 Å². The van der Waals surface area contributed by atoms with Gasteiger partial charge in [-0.3, -0.25) is 14.7 Å². The summed E-state index contributed by atoms with van der Waals surface area (Å²) in [7, 11) is 0. The average Bonchev–Trinajstić information content (AvgIpc) is 2.81. The lowest BCUT2D eigenvalue weighted by Crippen LogP contribution is -2.04. The van der Waals surface area contributed by atoms with Gasteiger partial charge in [-0.25, -0.2) is 15.0 Å². The minimum absolute atomic E-state index is 0.103. The minimum Gasteiger partial charge on any atom is -0.277 e. The molecule has 0 radical (unpaired) electrons. The average molecular weight is 304 g/mol. The first-order valence-corrected chi connectivity index (χ1v) is 6.46. The van der Waals surface area contributed by atoms with Crippen LogP contribution in [0.4, 0.5) is 5.69 Å². The molecule has 0 spiro atoms. The highest BCUT2D eigenvalue weighted by molar-refractivity contribution is 6.31. The summed E-state index contributed by atoms with van der Waals surface area (Å²) in [4.78, 5) is 22.5. The van der Waals surface area contributed by atoms with Gasteiger partial charge in [0.2, 0.25) is 11.0 Å². The fourth-order valence-electron chi connectivity index (χ4n) is 2.12.